The van der Waals surface area contributed by atoms with E-state index in [0.29, 0.717) is 17.0 Å². The second-order valence-electron chi connectivity index (χ2n) is 7.36. The highest BCUT2D eigenvalue weighted by molar-refractivity contribution is 7.17. The lowest BCUT2D eigenvalue weighted by molar-refractivity contribution is -0.125. The van der Waals surface area contributed by atoms with Crippen molar-refractivity contribution >= 4 is 57.0 Å². The Morgan fingerprint density at radius 1 is 1.28 bits per heavy atom. The number of carbonyl (C=O) groups is 3. The molecule has 2 aromatic heterocycles. The van der Waals surface area contributed by atoms with Gasteiger partial charge < -0.3 is 5.32 Å². The molecule has 2 atom stereocenters. The minimum atomic E-state index is -0.750. The fourth-order valence-corrected chi connectivity index (χ4v) is 5.64. The van der Waals surface area contributed by atoms with Gasteiger partial charge >= 0.3 is 0 Å². The Morgan fingerprint density at radius 2 is 2.09 bits per heavy atom. The van der Waals surface area contributed by atoms with Crippen molar-refractivity contribution in [2.45, 2.75) is 32.2 Å². The smallest absolute Gasteiger partial charge is 0.261 e. The first kappa shape index (κ1) is 22.6. The van der Waals surface area contributed by atoms with Crippen LogP contribution < -0.4 is 10.6 Å². The summed E-state index contributed by atoms with van der Waals surface area (Å²) in [4.78, 5) is 43.8. The van der Waals surface area contributed by atoms with Crippen molar-refractivity contribution in [1.29, 1.82) is 0 Å². The molecule has 32 heavy (non-hydrogen) atoms. The van der Waals surface area contributed by atoms with Gasteiger partial charge in [-0.25, -0.2) is 9.37 Å². The van der Waals surface area contributed by atoms with E-state index in [0.717, 1.165) is 28.7 Å². The Morgan fingerprint density at radius 3 is 2.78 bits per heavy atom. The third-order valence-corrected chi connectivity index (χ3v) is 7.57. The molecule has 0 bridgehead atoms. The van der Waals surface area contributed by atoms with Crippen LogP contribution in [0.15, 0.2) is 35.7 Å². The monoisotopic (exact) mass is 491 g/mol. The quantitative estimate of drug-likeness (QED) is 0.492. The van der Waals surface area contributed by atoms with Crippen molar-refractivity contribution in [3.8, 4) is 0 Å². The zero-order valence-corrected chi connectivity index (χ0v) is 19.4. The highest BCUT2D eigenvalue weighted by Gasteiger charge is 2.34. The molecule has 166 valence electrons. The fraction of sp³-hybridized carbons (Fsp3) is 0.273. The molecule has 10 heteroatoms. The topological polar surface area (TPSA) is 88.2 Å². The maximum atomic E-state index is 14.0. The van der Waals surface area contributed by atoms with Crippen molar-refractivity contribution in [2.24, 2.45) is 5.92 Å². The number of anilines is 1. The predicted molar refractivity (Wildman–Crippen MR) is 123 cm³/mol. The summed E-state index contributed by atoms with van der Waals surface area (Å²) in [5.74, 6) is -2.42. The molecule has 2 N–H and O–H groups in total. The van der Waals surface area contributed by atoms with Crippen LogP contribution >= 0.6 is 34.3 Å². The number of nitrogens with one attached hydrogen (secondary N) is 2. The van der Waals surface area contributed by atoms with E-state index >= 15 is 0 Å². The Bertz CT molecular complexity index is 1160. The van der Waals surface area contributed by atoms with Crippen molar-refractivity contribution in [3.63, 3.8) is 0 Å². The maximum Gasteiger partial charge on any atom is 0.261 e. The summed E-state index contributed by atoms with van der Waals surface area (Å²) in [7, 11) is 0. The maximum absolute atomic E-state index is 14.0. The van der Waals surface area contributed by atoms with Gasteiger partial charge in [0.05, 0.1) is 33.1 Å². The van der Waals surface area contributed by atoms with Gasteiger partial charge in [-0.2, -0.15) is 0 Å². The van der Waals surface area contributed by atoms with Crippen LogP contribution in [0, 0.1) is 11.7 Å². The molecule has 1 aromatic carbocycles. The number of aromatic nitrogens is 1. The first-order valence-electron chi connectivity index (χ1n) is 9.99. The number of thiophene rings is 1. The van der Waals surface area contributed by atoms with Crippen LogP contribution in [-0.4, -0.2) is 22.6 Å². The number of ketones is 1. The highest BCUT2D eigenvalue weighted by Crippen LogP contribution is 2.33. The van der Waals surface area contributed by atoms with Crippen molar-refractivity contribution in [2.75, 3.05) is 5.32 Å². The van der Waals surface area contributed by atoms with E-state index < -0.39 is 17.6 Å². The lowest BCUT2D eigenvalue weighted by Gasteiger charge is -2.23. The molecule has 1 aliphatic carbocycles. The van der Waals surface area contributed by atoms with Crippen LogP contribution in [0.1, 0.15) is 56.4 Å². The van der Waals surface area contributed by atoms with E-state index in [2.05, 4.69) is 15.6 Å². The van der Waals surface area contributed by atoms with Gasteiger partial charge in [0, 0.05) is 17.7 Å². The number of carbonyl (C=O) groups excluding carboxylic acids is 3. The van der Waals surface area contributed by atoms with Crippen LogP contribution in [0.5, 0.6) is 0 Å². The number of fused-ring (bicyclic) bond motifs is 1. The predicted octanol–water partition coefficient (Wildman–Crippen LogP) is 5.26. The molecule has 0 unspecified atom stereocenters. The average Bonchev–Trinajstić information content (AvgIpc) is 3.41. The van der Waals surface area contributed by atoms with Gasteiger partial charge in [-0.05, 0) is 30.0 Å². The molecule has 1 aliphatic rings. The third kappa shape index (κ3) is 4.60. The van der Waals surface area contributed by atoms with Gasteiger partial charge in [-0.15, -0.1) is 11.3 Å². The summed E-state index contributed by atoms with van der Waals surface area (Å²) in [6.07, 6.45) is 1.11. The standard InChI is InChI=1S/C22H19ClFN3O3S2/c1-2-14(17-7-4-8-31-17)25-20(29)11-9-15-19(16(28)10-11)32-22(26-15)27-21(30)18-12(23)5-3-6-13(18)24/h3-8,11,14H,2,9-10H2,1H3,(H,25,29)(H,26,27,30)/t11-,14-/m1/s1. The normalized spacial score (nSPS) is 16.3. The molecule has 6 nitrogen and oxygen atoms in total. The van der Waals surface area contributed by atoms with Gasteiger partial charge in [0.2, 0.25) is 5.91 Å². The number of rotatable bonds is 6. The molecule has 0 spiro atoms. The minimum Gasteiger partial charge on any atom is -0.348 e. The molecule has 0 aliphatic heterocycles. The molecule has 0 fully saturated rings. The summed E-state index contributed by atoms with van der Waals surface area (Å²) in [6.45, 7) is 1.99. The van der Waals surface area contributed by atoms with Gasteiger partial charge in [0.15, 0.2) is 10.9 Å². The zero-order chi connectivity index (χ0) is 22.8. The third-order valence-electron chi connectivity index (χ3n) is 5.21. The molecule has 3 aromatic rings. The summed E-state index contributed by atoms with van der Waals surface area (Å²) >= 11 is 8.54. The molecular formula is C22H19ClFN3O3S2. The molecule has 4 rings (SSSR count). The number of Topliss-reactive ketones (excluding diaryl/α,β-unsaturated/α-hetero) is 1. The highest BCUT2D eigenvalue weighted by atomic mass is 35.5. The number of hydrogen-bond acceptors (Lipinski definition) is 6. The summed E-state index contributed by atoms with van der Waals surface area (Å²) in [5, 5.41) is 7.65. The van der Waals surface area contributed by atoms with Crippen LogP contribution in [0.3, 0.4) is 0 Å². The molecule has 0 saturated heterocycles. The minimum absolute atomic E-state index is 0.0205. The number of thiazole rings is 1. The first-order valence-corrected chi connectivity index (χ1v) is 12.1. The lowest BCUT2D eigenvalue weighted by Crippen LogP contribution is -2.37. The Balaban J connectivity index is 1.47. The van der Waals surface area contributed by atoms with E-state index in [4.69, 9.17) is 11.6 Å². The van der Waals surface area contributed by atoms with Gasteiger partial charge in [-0.1, -0.05) is 42.0 Å². The van der Waals surface area contributed by atoms with Crippen molar-refractivity contribution in [3.05, 3.63) is 67.6 Å². The van der Waals surface area contributed by atoms with E-state index in [9.17, 15) is 18.8 Å². The fourth-order valence-electron chi connectivity index (χ4n) is 3.60. The van der Waals surface area contributed by atoms with Crippen molar-refractivity contribution < 1.29 is 18.8 Å². The Hall–Kier alpha value is -2.62. The first-order chi connectivity index (χ1) is 15.4. The van der Waals surface area contributed by atoms with Crippen LogP contribution in [0.4, 0.5) is 9.52 Å². The van der Waals surface area contributed by atoms with Crippen LogP contribution in [-0.2, 0) is 11.2 Å². The molecule has 2 amide bonds. The molecule has 2 heterocycles. The SMILES string of the molecule is CC[C@@H](NC(=O)[C@H]1CC(=O)c2sc(NC(=O)c3c(F)cccc3Cl)nc2C1)c1cccs1. The largest absolute Gasteiger partial charge is 0.348 e. The number of amides is 2. The number of hydrogen-bond donors (Lipinski definition) is 2. The summed E-state index contributed by atoms with van der Waals surface area (Å²) < 4.78 is 14.0. The van der Waals surface area contributed by atoms with Crippen molar-refractivity contribution in [1.82, 2.24) is 10.3 Å². The number of halogens is 2. The van der Waals surface area contributed by atoms with E-state index in [1.54, 1.807) is 11.3 Å². The second kappa shape index (κ2) is 9.48. The van der Waals surface area contributed by atoms with Crippen LogP contribution in [0.25, 0.3) is 0 Å². The Kier molecular flexibility index (Phi) is 6.68. The second-order valence-corrected chi connectivity index (χ2v) is 9.74. The molecule has 0 saturated carbocycles. The van der Waals surface area contributed by atoms with Gasteiger partial charge in [0.1, 0.15) is 5.82 Å². The van der Waals surface area contributed by atoms with Gasteiger partial charge in [-0.3, -0.25) is 19.7 Å². The summed E-state index contributed by atoms with van der Waals surface area (Å²) in [6, 6.07) is 7.77. The zero-order valence-electron chi connectivity index (χ0n) is 17.0. The van der Waals surface area contributed by atoms with E-state index in [1.165, 1.54) is 12.1 Å². The average molecular weight is 492 g/mol. The number of nitrogens with zero attached hydrogens (tertiary/aromatic N) is 1. The Labute approximate surface area is 196 Å². The summed E-state index contributed by atoms with van der Waals surface area (Å²) in [5.41, 5.74) is 0.176. The van der Waals surface area contributed by atoms with Gasteiger partial charge in [0.25, 0.3) is 5.91 Å². The lowest BCUT2D eigenvalue weighted by atomic mass is 9.89. The number of benzene rings is 1. The van der Waals surface area contributed by atoms with E-state index in [1.807, 2.05) is 24.4 Å². The van der Waals surface area contributed by atoms with Crippen LogP contribution in [0.2, 0.25) is 5.02 Å². The van der Waals surface area contributed by atoms with E-state index in [-0.39, 0.29) is 39.9 Å². The molecule has 0 radical (unpaired) electrons. The molecular weight excluding hydrogens is 473 g/mol.